The number of nitrogens with zero attached hydrogens (tertiary/aromatic N) is 1. The van der Waals surface area contributed by atoms with Crippen molar-refractivity contribution in [3.8, 4) is 0 Å². The van der Waals surface area contributed by atoms with E-state index >= 15 is 0 Å². The van der Waals surface area contributed by atoms with E-state index in [0.717, 1.165) is 10.9 Å². The Morgan fingerprint density at radius 2 is 2.10 bits per heavy atom. The molecule has 0 bridgehead atoms. The third kappa shape index (κ3) is 3.82. The van der Waals surface area contributed by atoms with Gasteiger partial charge >= 0.3 is 0 Å². The second kappa shape index (κ2) is 6.90. The van der Waals surface area contributed by atoms with Gasteiger partial charge < -0.3 is 19.9 Å². The molecule has 0 spiro atoms. The van der Waals surface area contributed by atoms with Crippen molar-refractivity contribution in [3.05, 3.63) is 36.0 Å². The van der Waals surface area contributed by atoms with Crippen molar-refractivity contribution < 1.29 is 14.3 Å². The summed E-state index contributed by atoms with van der Waals surface area (Å²) in [6.07, 6.45) is 0. The molecule has 0 saturated carbocycles. The van der Waals surface area contributed by atoms with Gasteiger partial charge in [0, 0.05) is 31.6 Å². The van der Waals surface area contributed by atoms with Gasteiger partial charge in [0.2, 0.25) is 5.91 Å². The van der Waals surface area contributed by atoms with Crippen LogP contribution in [0.5, 0.6) is 0 Å². The van der Waals surface area contributed by atoms with Gasteiger partial charge in [-0.3, -0.25) is 9.59 Å². The van der Waals surface area contributed by atoms with Gasteiger partial charge in [0.25, 0.3) is 5.91 Å². The van der Waals surface area contributed by atoms with Gasteiger partial charge in [-0.05, 0) is 12.1 Å². The lowest BCUT2D eigenvalue weighted by Gasteiger charge is -2.15. The fourth-order valence-electron chi connectivity index (χ4n) is 2.03. The number of para-hydroxylation sites is 1. The first-order valence-electron chi connectivity index (χ1n) is 6.70. The second-order valence-corrected chi connectivity index (χ2v) is 4.77. The molecule has 0 aliphatic carbocycles. The van der Waals surface area contributed by atoms with Gasteiger partial charge in [0.15, 0.2) is 0 Å². The molecule has 0 saturated heterocycles. The van der Waals surface area contributed by atoms with Crippen molar-refractivity contribution in [2.24, 2.45) is 0 Å². The zero-order valence-corrected chi connectivity index (χ0v) is 12.2. The number of ether oxygens (including phenoxy) is 1. The minimum atomic E-state index is -0.215. The van der Waals surface area contributed by atoms with Crippen molar-refractivity contribution in [1.29, 1.82) is 0 Å². The van der Waals surface area contributed by atoms with Crippen LogP contribution in [0.4, 0.5) is 0 Å². The van der Waals surface area contributed by atoms with Crippen molar-refractivity contribution in [2.75, 3.05) is 33.9 Å². The van der Waals surface area contributed by atoms with Crippen LogP contribution in [0.15, 0.2) is 30.3 Å². The summed E-state index contributed by atoms with van der Waals surface area (Å²) in [5.41, 5.74) is 1.38. The number of hydrogen-bond donors (Lipinski definition) is 2. The van der Waals surface area contributed by atoms with E-state index in [1.165, 1.54) is 4.90 Å². The summed E-state index contributed by atoms with van der Waals surface area (Å²) >= 11 is 0. The zero-order chi connectivity index (χ0) is 15.2. The van der Waals surface area contributed by atoms with E-state index in [9.17, 15) is 9.59 Å². The van der Waals surface area contributed by atoms with E-state index in [0.29, 0.717) is 18.8 Å². The maximum absolute atomic E-state index is 12.3. The van der Waals surface area contributed by atoms with E-state index in [2.05, 4.69) is 10.3 Å². The standard InChI is InChI=1S/C15H19N3O3/c1-18(10-14(19)16-7-8-21-2)15(20)13-9-11-5-3-4-6-12(11)17-13/h3-6,9,17H,7-8,10H2,1-2H3,(H,16,19). The lowest BCUT2D eigenvalue weighted by Crippen LogP contribution is -2.39. The van der Waals surface area contributed by atoms with Crippen LogP contribution in [0, 0.1) is 0 Å². The number of methoxy groups -OCH3 is 1. The largest absolute Gasteiger partial charge is 0.383 e. The highest BCUT2D eigenvalue weighted by Crippen LogP contribution is 2.15. The minimum Gasteiger partial charge on any atom is -0.383 e. The van der Waals surface area contributed by atoms with Crippen LogP contribution in [-0.2, 0) is 9.53 Å². The number of benzene rings is 1. The molecular formula is C15H19N3O3. The van der Waals surface area contributed by atoms with Crippen LogP contribution in [-0.4, -0.2) is 55.6 Å². The third-order valence-electron chi connectivity index (χ3n) is 3.12. The lowest BCUT2D eigenvalue weighted by atomic mass is 10.2. The van der Waals surface area contributed by atoms with Crippen LogP contribution in [0.2, 0.25) is 0 Å². The zero-order valence-electron chi connectivity index (χ0n) is 12.2. The Morgan fingerprint density at radius 1 is 1.33 bits per heavy atom. The molecule has 0 radical (unpaired) electrons. The van der Waals surface area contributed by atoms with Crippen LogP contribution >= 0.6 is 0 Å². The number of amides is 2. The molecule has 2 rings (SSSR count). The molecule has 1 aromatic carbocycles. The van der Waals surface area contributed by atoms with Crippen LogP contribution in [0.3, 0.4) is 0 Å². The van der Waals surface area contributed by atoms with E-state index in [-0.39, 0.29) is 18.4 Å². The quantitative estimate of drug-likeness (QED) is 0.779. The molecule has 2 amide bonds. The third-order valence-corrected chi connectivity index (χ3v) is 3.12. The maximum Gasteiger partial charge on any atom is 0.270 e. The van der Waals surface area contributed by atoms with E-state index < -0.39 is 0 Å². The highest BCUT2D eigenvalue weighted by atomic mass is 16.5. The molecule has 6 nitrogen and oxygen atoms in total. The number of hydrogen-bond acceptors (Lipinski definition) is 3. The van der Waals surface area contributed by atoms with Gasteiger partial charge in [-0.25, -0.2) is 0 Å². The Morgan fingerprint density at radius 3 is 2.81 bits per heavy atom. The molecule has 1 aromatic heterocycles. The highest BCUT2D eigenvalue weighted by Gasteiger charge is 2.16. The number of carbonyl (C=O) groups is 2. The molecule has 1 heterocycles. The van der Waals surface area contributed by atoms with Gasteiger partial charge in [-0.15, -0.1) is 0 Å². The molecular weight excluding hydrogens is 270 g/mol. The van der Waals surface area contributed by atoms with E-state index in [1.807, 2.05) is 24.3 Å². The first kappa shape index (κ1) is 15.1. The SMILES string of the molecule is COCCNC(=O)CN(C)C(=O)c1cc2ccccc2[nH]1. The molecule has 2 aromatic rings. The second-order valence-electron chi connectivity index (χ2n) is 4.77. The Labute approximate surface area is 123 Å². The molecule has 21 heavy (non-hydrogen) atoms. The van der Waals surface area contributed by atoms with E-state index in [1.54, 1.807) is 20.2 Å². The molecule has 0 aliphatic rings. The smallest absolute Gasteiger partial charge is 0.270 e. The van der Waals surface area contributed by atoms with Gasteiger partial charge in [-0.2, -0.15) is 0 Å². The summed E-state index contributed by atoms with van der Waals surface area (Å²) in [7, 11) is 3.17. The summed E-state index contributed by atoms with van der Waals surface area (Å²) < 4.78 is 4.85. The Balaban J connectivity index is 1.97. The predicted octanol–water partition coefficient (Wildman–Crippen LogP) is 1.00. The monoisotopic (exact) mass is 289 g/mol. The fourth-order valence-corrected chi connectivity index (χ4v) is 2.03. The normalized spacial score (nSPS) is 10.6. The Kier molecular flexibility index (Phi) is 4.94. The number of fused-ring (bicyclic) bond motifs is 1. The summed E-state index contributed by atoms with van der Waals surface area (Å²) in [5.74, 6) is -0.424. The predicted molar refractivity (Wildman–Crippen MR) is 80.1 cm³/mol. The summed E-state index contributed by atoms with van der Waals surface area (Å²) in [6.45, 7) is 0.896. The van der Waals surface area contributed by atoms with Crippen molar-refractivity contribution in [2.45, 2.75) is 0 Å². The molecule has 0 aliphatic heterocycles. The van der Waals surface area contributed by atoms with Gasteiger partial charge in [-0.1, -0.05) is 18.2 Å². The first-order chi connectivity index (χ1) is 10.1. The van der Waals surface area contributed by atoms with Crippen LogP contribution < -0.4 is 5.32 Å². The minimum absolute atomic E-state index is 0.0118. The molecule has 2 N–H and O–H groups in total. The van der Waals surface area contributed by atoms with Gasteiger partial charge in [0.05, 0.1) is 13.2 Å². The van der Waals surface area contributed by atoms with Crippen LogP contribution in [0.25, 0.3) is 10.9 Å². The fraction of sp³-hybridized carbons (Fsp3) is 0.333. The number of nitrogens with one attached hydrogen (secondary N) is 2. The number of aromatic nitrogens is 1. The average molecular weight is 289 g/mol. The number of H-pyrrole nitrogens is 1. The number of carbonyl (C=O) groups excluding carboxylic acids is 2. The molecule has 112 valence electrons. The Hall–Kier alpha value is -2.34. The van der Waals surface area contributed by atoms with Crippen LogP contribution in [0.1, 0.15) is 10.5 Å². The number of rotatable bonds is 6. The summed E-state index contributed by atoms with van der Waals surface area (Å²) in [5, 5.41) is 3.65. The van der Waals surface area contributed by atoms with Gasteiger partial charge in [0.1, 0.15) is 5.69 Å². The lowest BCUT2D eigenvalue weighted by molar-refractivity contribution is -0.121. The molecule has 0 unspecified atom stereocenters. The van der Waals surface area contributed by atoms with Crippen molar-refractivity contribution in [1.82, 2.24) is 15.2 Å². The highest BCUT2D eigenvalue weighted by molar-refractivity contribution is 5.99. The molecule has 0 atom stereocenters. The molecule has 6 heteroatoms. The number of likely N-dealkylation sites (N-methyl/N-ethyl adjacent to an activating group) is 1. The Bertz CT molecular complexity index is 603. The summed E-state index contributed by atoms with van der Waals surface area (Å²) in [4.78, 5) is 28.4. The maximum atomic E-state index is 12.3. The summed E-state index contributed by atoms with van der Waals surface area (Å²) in [6, 6.07) is 9.44. The topological polar surface area (TPSA) is 74.4 Å². The van der Waals surface area contributed by atoms with Crippen molar-refractivity contribution >= 4 is 22.7 Å². The number of aromatic amines is 1. The van der Waals surface area contributed by atoms with Crippen molar-refractivity contribution in [3.63, 3.8) is 0 Å². The molecule has 0 fully saturated rings. The van der Waals surface area contributed by atoms with E-state index in [4.69, 9.17) is 4.74 Å². The average Bonchev–Trinajstić information content (AvgIpc) is 2.90. The first-order valence-corrected chi connectivity index (χ1v) is 6.70.